The van der Waals surface area contributed by atoms with E-state index in [1.54, 1.807) is 19.1 Å². The number of rotatable bonds is 10. The zero-order valence-electron chi connectivity index (χ0n) is 34.2. The molecule has 1 saturated heterocycles. The highest BCUT2D eigenvalue weighted by Crippen LogP contribution is 2.47. The van der Waals surface area contributed by atoms with Crippen LogP contribution in [0.25, 0.3) is 10.9 Å². The number of ether oxygens (including phenoxy) is 3. The molecule has 15 nitrogen and oxygen atoms in total. The Labute approximate surface area is 345 Å². The van der Waals surface area contributed by atoms with Crippen LogP contribution in [-0.4, -0.2) is 114 Å². The molecule has 4 aliphatic rings. The minimum atomic E-state index is -5.13. The third kappa shape index (κ3) is 8.66. The normalized spacial score (nSPS) is 28.3. The summed E-state index contributed by atoms with van der Waals surface area (Å²) in [5.41, 5.74) is -4.64. The molecule has 2 saturated carbocycles. The SMILES string of the molecule is CC[C@@H]1C[C@H](C)CC/C=C\[C@@H]2C[C@@]2(C(=O)NS(=O)(=O)C2CC2)NC(=O)[C@@H]2C[C@@H](Oc3cc(OC)nc4cc(OC)c(F)cc34)CN2C(=O)[C@H]1N(C(=O)O)C(C)(C)C(F)(F)F. The van der Waals surface area contributed by atoms with Gasteiger partial charge in [0.15, 0.2) is 11.6 Å². The number of carbonyl (C=O) groups is 4. The number of fused-ring (bicyclic) bond motifs is 3. The van der Waals surface area contributed by atoms with Crippen LogP contribution in [0.1, 0.15) is 79.1 Å². The van der Waals surface area contributed by atoms with Crippen molar-refractivity contribution in [2.75, 3.05) is 20.8 Å². The van der Waals surface area contributed by atoms with Crippen LogP contribution in [0.5, 0.6) is 17.4 Å². The van der Waals surface area contributed by atoms with Gasteiger partial charge in [-0.1, -0.05) is 32.4 Å². The van der Waals surface area contributed by atoms with E-state index in [4.69, 9.17) is 14.2 Å². The molecule has 20 heteroatoms. The summed E-state index contributed by atoms with van der Waals surface area (Å²) in [6.45, 7) is 4.38. The Bertz CT molecular complexity index is 2170. The maximum absolute atomic E-state index is 15.2. The van der Waals surface area contributed by atoms with Gasteiger partial charge in [-0.15, -0.1) is 0 Å². The highest BCUT2D eigenvalue weighted by Gasteiger charge is 2.63. The molecular formula is C40H51F4N5O10S. The Kier molecular flexibility index (Phi) is 12.3. The molecule has 330 valence electrons. The lowest BCUT2D eigenvalue weighted by Gasteiger charge is -2.46. The van der Waals surface area contributed by atoms with Gasteiger partial charge in [-0.05, 0) is 70.3 Å². The zero-order chi connectivity index (χ0) is 44.1. The van der Waals surface area contributed by atoms with Crippen molar-refractivity contribution in [2.45, 2.75) is 120 Å². The second-order valence-electron chi connectivity index (χ2n) is 16.8. The second-order valence-corrected chi connectivity index (χ2v) is 18.7. The number of pyridine rings is 1. The quantitative estimate of drug-likeness (QED) is 0.207. The number of amides is 4. The third-order valence-corrected chi connectivity index (χ3v) is 14.1. The van der Waals surface area contributed by atoms with Crippen molar-refractivity contribution in [3.63, 3.8) is 0 Å². The van der Waals surface area contributed by atoms with Gasteiger partial charge in [-0.3, -0.25) is 24.0 Å². The van der Waals surface area contributed by atoms with Crippen molar-refractivity contribution in [3.8, 4) is 17.4 Å². The summed E-state index contributed by atoms with van der Waals surface area (Å²) < 4.78 is 104. The first kappa shape index (κ1) is 44.7. The number of aromatic nitrogens is 1. The first-order valence-corrected chi connectivity index (χ1v) is 21.5. The predicted octanol–water partition coefficient (Wildman–Crippen LogP) is 5.31. The minimum absolute atomic E-state index is 0.00898. The summed E-state index contributed by atoms with van der Waals surface area (Å²) in [7, 11) is -1.46. The van der Waals surface area contributed by atoms with E-state index in [-0.39, 0.29) is 64.8 Å². The van der Waals surface area contributed by atoms with Gasteiger partial charge in [0.05, 0.1) is 31.5 Å². The Morgan fingerprint density at radius 3 is 2.38 bits per heavy atom. The Balaban J connectivity index is 1.46. The van der Waals surface area contributed by atoms with Gasteiger partial charge >= 0.3 is 12.3 Å². The summed E-state index contributed by atoms with van der Waals surface area (Å²) in [6.07, 6.45) is -3.17. The predicted molar refractivity (Wildman–Crippen MR) is 208 cm³/mol. The molecule has 1 aromatic carbocycles. The number of sulfonamides is 1. The Morgan fingerprint density at radius 1 is 1.08 bits per heavy atom. The standard InChI is InChI=1S/C40H51F4N5O10S/c1-7-22-14-21(2)10-8-9-11-23-19-39(23,36(52)47-60(55,56)25-12-13-25)46-34(50)29-15-24(20-48(29)35(51)33(22)49(37(53)54)38(3,4)40(42,43)44)59-30-18-32(58-6)45-28-17-31(57-5)27(41)16-26(28)30/h9,11,16-18,21-25,29,33H,7-8,10,12-15,19-20H2,1-6H3,(H,46,50)(H,47,52)(H,53,54)/b11-9-/t21-,22-,23-,24-,29+,33+,39-/m1/s1. The van der Waals surface area contributed by atoms with E-state index in [1.807, 2.05) is 6.92 Å². The number of nitrogens with zero attached hydrogens (tertiary/aromatic N) is 3. The Morgan fingerprint density at radius 2 is 1.78 bits per heavy atom. The van der Waals surface area contributed by atoms with Crippen LogP contribution < -0.4 is 24.2 Å². The monoisotopic (exact) mass is 869 g/mol. The third-order valence-electron chi connectivity index (χ3n) is 12.2. The van der Waals surface area contributed by atoms with E-state index in [0.29, 0.717) is 39.5 Å². The van der Waals surface area contributed by atoms with Crippen molar-refractivity contribution in [2.24, 2.45) is 17.8 Å². The molecule has 0 unspecified atom stereocenters. The number of allylic oxidation sites excluding steroid dienone is 1. The highest BCUT2D eigenvalue weighted by atomic mass is 32.2. The van der Waals surface area contributed by atoms with E-state index in [9.17, 15) is 41.1 Å². The van der Waals surface area contributed by atoms with Gasteiger partial charge in [0.25, 0.3) is 5.91 Å². The van der Waals surface area contributed by atoms with Crippen LogP contribution in [0.3, 0.4) is 0 Å². The fourth-order valence-electron chi connectivity index (χ4n) is 8.38. The molecule has 1 aromatic heterocycles. The van der Waals surface area contributed by atoms with Gasteiger partial charge in [0.2, 0.25) is 27.7 Å². The molecule has 2 aliphatic heterocycles. The van der Waals surface area contributed by atoms with Crippen LogP contribution in [0.2, 0.25) is 0 Å². The van der Waals surface area contributed by atoms with Crippen LogP contribution in [0.4, 0.5) is 22.4 Å². The van der Waals surface area contributed by atoms with Gasteiger partial charge in [0.1, 0.15) is 35.0 Å². The number of carbonyl (C=O) groups excluding carboxylic acids is 3. The smallest absolute Gasteiger partial charge is 0.411 e. The molecule has 3 fully saturated rings. The lowest BCUT2D eigenvalue weighted by molar-refractivity contribution is -0.222. The van der Waals surface area contributed by atoms with E-state index >= 15 is 9.18 Å². The van der Waals surface area contributed by atoms with E-state index in [1.165, 1.54) is 26.4 Å². The number of halogens is 4. The number of benzene rings is 1. The molecule has 60 heavy (non-hydrogen) atoms. The number of methoxy groups -OCH3 is 2. The molecule has 2 aliphatic carbocycles. The van der Waals surface area contributed by atoms with Gasteiger partial charge in [-0.2, -0.15) is 13.2 Å². The second kappa shape index (κ2) is 16.5. The van der Waals surface area contributed by atoms with Gasteiger partial charge in [-0.25, -0.2) is 22.6 Å². The summed E-state index contributed by atoms with van der Waals surface area (Å²) in [4.78, 5) is 62.1. The molecule has 6 rings (SSSR count). The summed E-state index contributed by atoms with van der Waals surface area (Å²) in [6, 6.07) is 0.260. The van der Waals surface area contributed by atoms with Crippen LogP contribution in [0, 0.1) is 23.6 Å². The number of alkyl halides is 3. The fraction of sp³-hybridized carbons (Fsp3) is 0.625. The first-order valence-electron chi connectivity index (χ1n) is 19.9. The minimum Gasteiger partial charge on any atom is -0.494 e. The lowest BCUT2D eigenvalue weighted by atomic mass is 9.82. The number of hydrogen-bond acceptors (Lipinski definition) is 10. The van der Waals surface area contributed by atoms with Crippen LogP contribution >= 0.6 is 0 Å². The number of carboxylic acid groups (broad SMARTS) is 1. The maximum Gasteiger partial charge on any atom is 0.411 e. The fourth-order valence-corrected chi connectivity index (χ4v) is 9.75. The number of nitrogens with one attached hydrogen (secondary N) is 2. The Hall–Kier alpha value is -4.88. The molecule has 7 atom stereocenters. The molecule has 0 bridgehead atoms. The molecule has 3 N–H and O–H groups in total. The molecular weight excluding hydrogens is 819 g/mol. The van der Waals surface area contributed by atoms with Crippen molar-refractivity contribution < 1.29 is 64.5 Å². The lowest BCUT2D eigenvalue weighted by Crippen LogP contribution is -2.66. The molecule has 2 aromatic rings. The highest BCUT2D eigenvalue weighted by molar-refractivity contribution is 7.91. The van der Waals surface area contributed by atoms with E-state index < -0.39 is 98.7 Å². The van der Waals surface area contributed by atoms with Gasteiger partial charge < -0.3 is 29.5 Å². The maximum atomic E-state index is 15.2. The topological polar surface area (TPSA) is 194 Å². The summed E-state index contributed by atoms with van der Waals surface area (Å²) >= 11 is 0. The first-order chi connectivity index (χ1) is 28.1. The summed E-state index contributed by atoms with van der Waals surface area (Å²) in [5, 5.41) is 12.6. The molecule has 4 amide bonds. The van der Waals surface area contributed by atoms with Crippen molar-refractivity contribution in [3.05, 3.63) is 36.2 Å². The molecule has 3 heterocycles. The zero-order valence-corrected chi connectivity index (χ0v) is 35.0. The van der Waals surface area contributed by atoms with E-state index in [0.717, 1.165) is 11.0 Å². The largest absolute Gasteiger partial charge is 0.494 e. The average Bonchev–Trinajstić information content (AvgIpc) is 4.10. The summed E-state index contributed by atoms with van der Waals surface area (Å²) in [5.74, 6) is -5.66. The van der Waals surface area contributed by atoms with Crippen LogP contribution in [-0.2, 0) is 24.4 Å². The van der Waals surface area contributed by atoms with Crippen molar-refractivity contribution in [1.82, 2.24) is 24.8 Å². The number of hydrogen-bond donors (Lipinski definition) is 3. The van der Waals surface area contributed by atoms with Crippen LogP contribution in [0.15, 0.2) is 30.4 Å². The molecule has 0 radical (unpaired) electrons. The molecule has 0 spiro atoms. The van der Waals surface area contributed by atoms with Crippen molar-refractivity contribution >= 4 is 44.7 Å². The van der Waals surface area contributed by atoms with Gasteiger partial charge in [0, 0.05) is 29.9 Å². The van der Waals surface area contributed by atoms with Crippen molar-refractivity contribution in [1.29, 1.82) is 0 Å². The average molecular weight is 870 g/mol. The van der Waals surface area contributed by atoms with E-state index in [2.05, 4.69) is 15.0 Å².